The van der Waals surface area contributed by atoms with Crippen LogP contribution >= 0.6 is 0 Å². The van der Waals surface area contributed by atoms with Crippen molar-refractivity contribution in [1.82, 2.24) is 4.72 Å². The van der Waals surface area contributed by atoms with Gasteiger partial charge < -0.3 is 5.14 Å². The predicted octanol–water partition coefficient (Wildman–Crippen LogP) is -2.71. The molecule has 0 radical (unpaired) electrons. The van der Waals surface area contributed by atoms with Crippen molar-refractivity contribution in [3.8, 4) is 0 Å². The Morgan fingerprint density at radius 1 is 1.56 bits per heavy atom. The zero-order chi connectivity index (χ0) is 6.62. The zero-order valence-corrected chi connectivity index (χ0v) is 9.58. The Morgan fingerprint density at radius 3 is 2.11 bits per heavy atom. The van der Waals surface area contributed by atoms with Crippen LogP contribution in [0.3, 0.4) is 0 Å². The number of hydrogen-bond acceptors (Lipinski definition) is 2. The van der Waals surface area contributed by atoms with Crippen LogP contribution in [0.15, 0.2) is 0 Å². The molecule has 0 aliphatic rings. The summed E-state index contributed by atoms with van der Waals surface area (Å²) < 4.78 is 21.9. The third-order valence-electron chi connectivity index (χ3n) is 0.542. The van der Waals surface area contributed by atoms with Gasteiger partial charge in [0.1, 0.15) is 10.2 Å². The van der Waals surface area contributed by atoms with Crippen LogP contribution in [0, 0.1) is 0 Å². The van der Waals surface area contributed by atoms with E-state index < -0.39 is 10.2 Å². The molecule has 0 saturated heterocycles. The average Bonchev–Trinajstić information content (AvgIpc) is 1.59. The van der Waals surface area contributed by atoms with Crippen molar-refractivity contribution in [2.45, 2.75) is 13.3 Å². The average molecular weight is 176 g/mol. The molecule has 0 aromatic rings. The summed E-state index contributed by atoms with van der Waals surface area (Å²) in [4.78, 5) is 0. The molecule has 0 saturated carbocycles. The van der Waals surface area contributed by atoms with Gasteiger partial charge in [-0.3, -0.25) is 0 Å². The smallest absolute Gasteiger partial charge is 0.550 e. The van der Waals surface area contributed by atoms with E-state index in [0.29, 0.717) is 6.54 Å². The SMILES string of the molecule is CCCNS([NH-])(=O)=O.[K+]. The van der Waals surface area contributed by atoms with E-state index in [1.54, 1.807) is 0 Å². The molecule has 6 heteroatoms. The number of nitrogens with one attached hydrogen (secondary N) is 2. The van der Waals surface area contributed by atoms with E-state index in [2.05, 4.69) is 0 Å². The van der Waals surface area contributed by atoms with Crippen LogP contribution < -0.4 is 56.1 Å². The standard InChI is InChI=1S/C3H9N2O2S.K/c1-2-3-5-8(4,6)7;/h5H,2-3H2,1H3,(H-,4,6,7);/q-1;+1. The van der Waals surface area contributed by atoms with Crippen molar-refractivity contribution in [3.05, 3.63) is 5.14 Å². The number of rotatable bonds is 3. The van der Waals surface area contributed by atoms with Gasteiger partial charge in [0.25, 0.3) is 0 Å². The van der Waals surface area contributed by atoms with Gasteiger partial charge in [-0.05, 0) is 6.42 Å². The van der Waals surface area contributed by atoms with Crippen LogP contribution in [0.1, 0.15) is 13.3 Å². The normalized spacial score (nSPS) is 10.4. The first kappa shape index (κ1) is 13.1. The first-order chi connectivity index (χ1) is 3.56. The Hall–Kier alpha value is 1.51. The maximum absolute atomic E-state index is 9.95. The van der Waals surface area contributed by atoms with Crippen LogP contribution in [0.25, 0.3) is 5.14 Å². The molecule has 0 heterocycles. The van der Waals surface area contributed by atoms with Crippen LogP contribution in [-0.2, 0) is 10.2 Å². The Balaban J connectivity index is 0. The summed E-state index contributed by atoms with van der Waals surface area (Å²) in [7, 11) is -3.69. The van der Waals surface area contributed by atoms with E-state index in [0.717, 1.165) is 6.42 Å². The molecule has 0 spiro atoms. The van der Waals surface area contributed by atoms with Gasteiger partial charge >= 0.3 is 51.4 Å². The molecule has 9 heavy (non-hydrogen) atoms. The summed E-state index contributed by atoms with van der Waals surface area (Å²) in [5.41, 5.74) is 0. The van der Waals surface area contributed by atoms with Crippen molar-refractivity contribution in [3.63, 3.8) is 0 Å². The quantitative estimate of drug-likeness (QED) is 0.475. The minimum absolute atomic E-state index is 0. The van der Waals surface area contributed by atoms with Gasteiger partial charge in [0.05, 0.1) is 0 Å². The topological polar surface area (TPSA) is 70.0 Å². The van der Waals surface area contributed by atoms with Crippen molar-refractivity contribution in [1.29, 1.82) is 0 Å². The first-order valence-electron chi connectivity index (χ1n) is 2.30. The van der Waals surface area contributed by atoms with Gasteiger partial charge in [0.2, 0.25) is 0 Å². The molecular weight excluding hydrogens is 167 g/mol. The van der Waals surface area contributed by atoms with Gasteiger partial charge in [-0.2, -0.15) is 0 Å². The summed E-state index contributed by atoms with van der Waals surface area (Å²) in [5.74, 6) is 0. The summed E-state index contributed by atoms with van der Waals surface area (Å²) >= 11 is 0. The molecule has 0 amide bonds. The fraction of sp³-hybridized carbons (Fsp3) is 1.00. The van der Waals surface area contributed by atoms with Crippen LogP contribution in [0.5, 0.6) is 0 Å². The van der Waals surface area contributed by atoms with Crippen LogP contribution in [-0.4, -0.2) is 15.0 Å². The summed E-state index contributed by atoms with van der Waals surface area (Å²) in [6, 6.07) is 0. The molecular formula is C3H9KN2O2S. The molecule has 0 aromatic heterocycles. The second-order valence-electron chi connectivity index (χ2n) is 1.40. The monoisotopic (exact) mass is 176 g/mol. The van der Waals surface area contributed by atoms with Crippen molar-refractivity contribution >= 4 is 10.2 Å². The largest absolute Gasteiger partial charge is 1.00 e. The van der Waals surface area contributed by atoms with Gasteiger partial charge in [-0.25, -0.2) is 13.1 Å². The van der Waals surface area contributed by atoms with Crippen molar-refractivity contribution < 1.29 is 59.8 Å². The predicted molar refractivity (Wildman–Crippen MR) is 31.5 cm³/mol. The van der Waals surface area contributed by atoms with Gasteiger partial charge in [-0.15, -0.1) is 0 Å². The zero-order valence-electron chi connectivity index (χ0n) is 5.64. The molecule has 0 aromatic carbocycles. The van der Waals surface area contributed by atoms with E-state index in [1.807, 2.05) is 11.6 Å². The summed E-state index contributed by atoms with van der Waals surface area (Å²) in [6.45, 7) is 2.18. The van der Waals surface area contributed by atoms with Crippen LogP contribution in [0.4, 0.5) is 0 Å². The fourth-order valence-electron chi connectivity index (χ4n) is 0.236. The third kappa shape index (κ3) is 12.7. The van der Waals surface area contributed by atoms with Crippen molar-refractivity contribution in [2.24, 2.45) is 0 Å². The Kier molecular flexibility index (Phi) is 9.09. The number of hydrogen-bond donors (Lipinski definition) is 1. The molecule has 0 rings (SSSR count). The maximum atomic E-state index is 9.95. The maximum Gasteiger partial charge on any atom is 1.00 e. The molecule has 0 bridgehead atoms. The Morgan fingerprint density at radius 2 is 2.00 bits per heavy atom. The summed E-state index contributed by atoms with van der Waals surface area (Å²) in [5, 5.41) is 6.30. The molecule has 4 nitrogen and oxygen atoms in total. The van der Waals surface area contributed by atoms with E-state index in [9.17, 15) is 8.42 Å². The molecule has 0 fully saturated rings. The van der Waals surface area contributed by atoms with Gasteiger partial charge in [0.15, 0.2) is 0 Å². The van der Waals surface area contributed by atoms with Crippen LogP contribution in [0.2, 0.25) is 0 Å². The van der Waals surface area contributed by atoms with Gasteiger partial charge in [0, 0.05) is 6.54 Å². The Labute approximate surface area is 98.2 Å². The molecule has 0 unspecified atom stereocenters. The van der Waals surface area contributed by atoms with E-state index in [4.69, 9.17) is 5.14 Å². The third-order valence-corrected chi connectivity index (χ3v) is 1.13. The molecule has 50 valence electrons. The van der Waals surface area contributed by atoms with E-state index in [1.165, 1.54) is 0 Å². The van der Waals surface area contributed by atoms with Gasteiger partial charge in [-0.1, -0.05) is 6.92 Å². The van der Waals surface area contributed by atoms with E-state index in [-0.39, 0.29) is 51.4 Å². The first-order valence-corrected chi connectivity index (χ1v) is 3.79. The minimum Gasteiger partial charge on any atom is -0.550 e. The van der Waals surface area contributed by atoms with E-state index >= 15 is 0 Å². The summed E-state index contributed by atoms with van der Waals surface area (Å²) in [6.07, 6.45) is 0.720. The second-order valence-corrected chi connectivity index (χ2v) is 2.69. The second kappa shape index (κ2) is 6.23. The Bertz CT molecular complexity index is 144. The molecule has 0 atom stereocenters. The van der Waals surface area contributed by atoms with Crippen molar-refractivity contribution in [2.75, 3.05) is 6.54 Å². The molecule has 0 aliphatic carbocycles. The fourth-order valence-corrected chi connectivity index (χ4v) is 0.709. The minimum atomic E-state index is -3.69. The molecule has 2 N–H and O–H groups in total. The molecule has 0 aliphatic heterocycles.